The van der Waals surface area contributed by atoms with Gasteiger partial charge in [-0.15, -0.1) is 0 Å². The predicted octanol–water partition coefficient (Wildman–Crippen LogP) is 3.73. The molecule has 0 unspecified atom stereocenters. The van der Waals surface area contributed by atoms with Gasteiger partial charge in [0, 0.05) is 22.9 Å². The first kappa shape index (κ1) is 21.5. The highest BCUT2D eigenvalue weighted by molar-refractivity contribution is 9.10. The van der Waals surface area contributed by atoms with Gasteiger partial charge >= 0.3 is 0 Å². The molecule has 4 rings (SSSR count). The number of benzene rings is 2. The van der Waals surface area contributed by atoms with Gasteiger partial charge in [-0.25, -0.2) is 0 Å². The maximum absolute atomic E-state index is 12.6. The number of nitrogens with one attached hydrogen (secondary N) is 4. The van der Waals surface area contributed by atoms with Gasteiger partial charge in [0.05, 0.1) is 27.2 Å². The van der Waals surface area contributed by atoms with Gasteiger partial charge in [0.1, 0.15) is 12.4 Å². The summed E-state index contributed by atoms with van der Waals surface area (Å²) in [7, 11) is 0. The molecule has 8 nitrogen and oxygen atoms in total. The van der Waals surface area contributed by atoms with Crippen LogP contribution in [-0.2, 0) is 6.61 Å². The molecule has 4 aromatic rings. The Balaban J connectivity index is 1.73. The summed E-state index contributed by atoms with van der Waals surface area (Å²) in [6.07, 6.45) is 0. The molecule has 0 amide bonds. The molecule has 2 aromatic heterocycles. The van der Waals surface area contributed by atoms with Crippen LogP contribution in [0.1, 0.15) is 45.1 Å². The summed E-state index contributed by atoms with van der Waals surface area (Å²) >= 11 is 3.55. The van der Waals surface area contributed by atoms with Crippen LogP contribution >= 0.6 is 15.9 Å². The fourth-order valence-corrected chi connectivity index (χ4v) is 4.32. The Morgan fingerprint density at radius 3 is 2.12 bits per heavy atom. The number of ether oxygens (including phenoxy) is 1. The Morgan fingerprint density at radius 2 is 1.59 bits per heavy atom. The highest BCUT2D eigenvalue weighted by Gasteiger charge is 2.28. The van der Waals surface area contributed by atoms with Crippen molar-refractivity contribution in [3.05, 3.63) is 107 Å². The first-order valence-electron chi connectivity index (χ1n) is 9.85. The number of hydrogen-bond donors (Lipinski definition) is 4. The van der Waals surface area contributed by atoms with Gasteiger partial charge in [0.2, 0.25) is 0 Å². The van der Waals surface area contributed by atoms with Gasteiger partial charge in [-0.2, -0.15) is 5.26 Å². The molecule has 0 spiro atoms. The third-order valence-electron chi connectivity index (χ3n) is 5.41. The first-order valence-corrected chi connectivity index (χ1v) is 10.6. The van der Waals surface area contributed by atoms with Crippen molar-refractivity contribution in [2.24, 2.45) is 0 Å². The number of halogens is 1. The number of hydrogen-bond acceptors (Lipinski definition) is 4. The Kier molecular flexibility index (Phi) is 5.88. The van der Waals surface area contributed by atoms with Crippen molar-refractivity contribution in [2.45, 2.75) is 26.4 Å². The van der Waals surface area contributed by atoms with Crippen molar-refractivity contribution in [1.82, 2.24) is 20.4 Å². The summed E-state index contributed by atoms with van der Waals surface area (Å²) in [6.45, 7) is 3.81. The Labute approximate surface area is 191 Å². The molecule has 0 aliphatic heterocycles. The van der Waals surface area contributed by atoms with Gasteiger partial charge in [-0.1, -0.05) is 24.3 Å². The molecule has 0 saturated heterocycles. The topological polar surface area (TPSA) is 130 Å². The zero-order chi connectivity index (χ0) is 22.8. The van der Waals surface area contributed by atoms with Crippen LogP contribution in [0.2, 0.25) is 0 Å². The zero-order valence-electron chi connectivity index (χ0n) is 17.4. The fraction of sp³-hybridized carbons (Fsp3) is 0.174. The van der Waals surface area contributed by atoms with E-state index < -0.39 is 5.92 Å². The third kappa shape index (κ3) is 3.92. The van der Waals surface area contributed by atoms with Crippen molar-refractivity contribution >= 4 is 15.9 Å². The minimum Gasteiger partial charge on any atom is -0.488 e. The molecule has 0 atom stereocenters. The van der Waals surface area contributed by atoms with Gasteiger partial charge in [-0.05, 0) is 53.5 Å². The smallest absolute Gasteiger partial charge is 0.268 e. The second-order valence-corrected chi connectivity index (χ2v) is 8.27. The molecule has 162 valence electrons. The van der Waals surface area contributed by atoms with Crippen molar-refractivity contribution < 1.29 is 4.74 Å². The summed E-state index contributed by atoms with van der Waals surface area (Å²) in [5.74, 6) is 0.00399. The molecule has 0 fully saturated rings. The predicted molar refractivity (Wildman–Crippen MR) is 123 cm³/mol. The van der Waals surface area contributed by atoms with E-state index in [1.165, 1.54) is 0 Å². The summed E-state index contributed by atoms with van der Waals surface area (Å²) in [5, 5.41) is 20.1. The number of rotatable bonds is 6. The summed E-state index contributed by atoms with van der Waals surface area (Å²) in [6, 6.07) is 14.9. The Morgan fingerprint density at radius 1 is 0.969 bits per heavy atom. The lowest BCUT2D eigenvalue weighted by molar-refractivity contribution is 0.304. The number of nitrogens with zero attached hydrogens (tertiary/aromatic N) is 1. The van der Waals surface area contributed by atoms with Gasteiger partial charge < -0.3 is 14.9 Å². The molecular formula is C23H20BrN5O3. The second-order valence-electron chi connectivity index (χ2n) is 7.42. The normalized spacial score (nSPS) is 11.0. The van der Waals surface area contributed by atoms with Crippen molar-refractivity contribution in [1.29, 1.82) is 5.26 Å². The fourth-order valence-electron chi connectivity index (χ4n) is 3.81. The number of aryl methyl sites for hydroxylation is 2. The average molecular weight is 494 g/mol. The molecule has 0 bridgehead atoms. The molecule has 0 aliphatic rings. The molecule has 0 saturated carbocycles. The van der Waals surface area contributed by atoms with E-state index in [9.17, 15) is 14.9 Å². The summed E-state index contributed by atoms with van der Waals surface area (Å²) in [4.78, 5) is 25.1. The highest BCUT2D eigenvalue weighted by Crippen LogP contribution is 2.35. The largest absolute Gasteiger partial charge is 0.488 e. The third-order valence-corrected chi connectivity index (χ3v) is 6.03. The van der Waals surface area contributed by atoms with Crippen LogP contribution in [-0.4, -0.2) is 20.4 Å². The second kappa shape index (κ2) is 8.77. The van der Waals surface area contributed by atoms with E-state index in [1.807, 2.05) is 30.3 Å². The van der Waals surface area contributed by atoms with Gasteiger partial charge in [-0.3, -0.25) is 19.8 Å². The zero-order valence-corrected chi connectivity index (χ0v) is 19.0. The van der Waals surface area contributed by atoms with Crippen molar-refractivity contribution in [2.75, 3.05) is 0 Å². The minimum absolute atomic E-state index is 0.234. The van der Waals surface area contributed by atoms with E-state index in [0.717, 1.165) is 11.1 Å². The van der Waals surface area contributed by atoms with E-state index in [0.29, 0.717) is 38.3 Å². The molecule has 4 N–H and O–H groups in total. The van der Waals surface area contributed by atoms with Crippen LogP contribution in [0.3, 0.4) is 0 Å². The van der Waals surface area contributed by atoms with Crippen LogP contribution in [0, 0.1) is 25.2 Å². The quantitative estimate of drug-likeness (QED) is 0.325. The Bertz CT molecular complexity index is 1380. The molecule has 9 heteroatoms. The first-order chi connectivity index (χ1) is 15.4. The van der Waals surface area contributed by atoms with Crippen LogP contribution in [0.25, 0.3) is 0 Å². The molecule has 2 aromatic carbocycles. The van der Waals surface area contributed by atoms with Crippen LogP contribution in [0.5, 0.6) is 5.75 Å². The Hall–Kier alpha value is -3.77. The van der Waals surface area contributed by atoms with E-state index >= 15 is 0 Å². The van der Waals surface area contributed by atoms with Gasteiger partial charge in [0.25, 0.3) is 11.1 Å². The molecule has 32 heavy (non-hydrogen) atoms. The van der Waals surface area contributed by atoms with Crippen molar-refractivity contribution in [3.8, 4) is 11.8 Å². The highest BCUT2D eigenvalue weighted by atomic mass is 79.9. The average Bonchev–Trinajstić information content (AvgIpc) is 3.29. The van der Waals surface area contributed by atoms with Gasteiger partial charge in [0.15, 0.2) is 0 Å². The van der Waals surface area contributed by atoms with E-state index in [4.69, 9.17) is 4.74 Å². The number of H-pyrrole nitrogens is 4. The lowest BCUT2D eigenvalue weighted by Crippen LogP contribution is -2.20. The molecular weight excluding hydrogens is 474 g/mol. The SMILES string of the molecule is Cc1[nH][nH]c(=O)c1C(c1ccc(OCc2ccccc2C#N)c(Br)c1)c1c(C)[nH][nH]c1=O. The maximum Gasteiger partial charge on any atom is 0.268 e. The maximum atomic E-state index is 12.6. The van der Waals surface area contributed by atoms with Crippen LogP contribution in [0.4, 0.5) is 0 Å². The van der Waals surface area contributed by atoms with Crippen LogP contribution in [0.15, 0.2) is 56.5 Å². The van der Waals surface area contributed by atoms with E-state index in [1.54, 1.807) is 26.0 Å². The molecule has 2 heterocycles. The lowest BCUT2D eigenvalue weighted by Gasteiger charge is -2.17. The molecule has 0 radical (unpaired) electrons. The summed E-state index contributed by atoms with van der Waals surface area (Å²) in [5.41, 5.74) is 3.80. The monoisotopic (exact) mass is 493 g/mol. The van der Waals surface area contributed by atoms with E-state index in [-0.39, 0.29) is 17.7 Å². The number of nitriles is 1. The lowest BCUT2D eigenvalue weighted by atomic mass is 9.85. The minimum atomic E-state index is -0.579. The molecule has 0 aliphatic carbocycles. The standard InChI is InChI=1S/C23H20BrN5O3/c1-12-19(22(30)28-26-12)21(20-13(2)27-29-23(20)31)14-7-8-18(17(24)9-14)32-11-16-6-4-3-5-15(16)10-25/h3-9,21H,11H2,1-2H3,(H2,26,28,30)(H2,27,29,31). The summed E-state index contributed by atoms with van der Waals surface area (Å²) < 4.78 is 6.60. The van der Waals surface area contributed by atoms with E-state index in [2.05, 4.69) is 42.4 Å². The van der Waals surface area contributed by atoms with Crippen LogP contribution < -0.4 is 15.9 Å². The number of aromatic amines is 4. The van der Waals surface area contributed by atoms with Crippen molar-refractivity contribution in [3.63, 3.8) is 0 Å². The number of aromatic nitrogens is 4.